The number of hydrogen-bond donors (Lipinski definition) is 1. The van der Waals surface area contributed by atoms with Gasteiger partial charge in [-0.1, -0.05) is 29.5 Å². The van der Waals surface area contributed by atoms with Crippen LogP contribution in [0.15, 0.2) is 71.6 Å². The zero-order valence-corrected chi connectivity index (χ0v) is 20.4. The number of amides is 1. The van der Waals surface area contributed by atoms with E-state index < -0.39 is 15.9 Å². The highest BCUT2D eigenvalue weighted by Crippen LogP contribution is 2.36. The van der Waals surface area contributed by atoms with Crippen LogP contribution >= 0.6 is 11.3 Å². The van der Waals surface area contributed by atoms with Gasteiger partial charge in [0.15, 0.2) is 16.6 Å². The Hall–Kier alpha value is -3.63. The number of benzene rings is 3. The SMILES string of the molecule is CCN(c1ccccc1)S(=O)(=O)c1ccc(C(=O)Nc2nc3cc(OC)c(OC)cc3s2)cc1. The van der Waals surface area contributed by atoms with E-state index in [0.717, 1.165) is 4.70 Å². The van der Waals surface area contributed by atoms with Gasteiger partial charge in [-0.05, 0) is 43.3 Å². The van der Waals surface area contributed by atoms with Crippen LogP contribution in [0.1, 0.15) is 17.3 Å². The number of aromatic nitrogens is 1. The minimum absolute atomic E-state index is 0.105. The van der Waals surface area contributed by atoms with Gasteiger partial charge in [0.2, 0.25) is 0 Å². The van der Waals surface area contributed by atoms with E-state index in [1.807, 2.05) is 6.07 Å². The second-order valence-corrected chi connectivity index (χ2v) is 10.1. The maximum atomic E-state index is 13.1. The Morgan fingerprint density at radius 3 is 2.26 bits per heavy atom. The molecule has 176 valence electrons. The number of fused-ring (bicyclic) bond motifs is 1. The lowest BCUT2D eigenvalue weighted by Gasteiger charge is -2.22. The van der Waals surface area contributed by atoms with Crippen LogP contribution in [0.5, 0.6) is 11.5 Å². The highest BCUT2D eigenvalue weighted by molar-refractivity contribution is 7.92. The van der Waals surface area contributed by atoms with Crippen molar-refractivity contribution in [2.75, 3.05) is 30.4 Å². The molecule has 4 rings (SSSR count). The summed E-state index contributed by atoms with van der Waals surface area (Å²) in [7, 11) is -0.672. The van der Waals surface area contributed by atoms with E-state index in [4.69, 9.17) is 9.47 Å². The fourth-order valence-corrected chi connectivity index (χ4v) is 5.81. The molecule has 0 spiro atoms. The molecule has 10 heteroatoms. The lowest BCUT2D eigenvalue weighted by Crippen LogP contribution is -2.30. The topological polar surface area (TPSA) is 97.8 Å². The fraction of sp³-hybridized carbons (Fsp3) is 0.167. The summed E-state index contributed by atoms with van der Waals surface area (Å²) in [4.78, 5) is 17.3. The summed E-state index contributed by atoms with van der Waals surface area (Å²) in [6.45, 7) is 2.05. The Morgan fingerprint density at radius 2 is 1.65 bits per heavy atom. The first-order chi connectivity index (χ1) is 16.4. The standard InChI is InChI=1S/C24H23N3O5S2/c1-4-27(17-8-6-5-7-9-17)34(29,30)18-12-10-16(11-13-18)23(28)26-24-25-19-14-20(31-2)21(32-3)15-22(19)33-24/h5-15H,4H2,1-3H3,(H,25,26,28). The molecule has 1 aromatic heterocycles. The van der Waals surface area contributed by atoms with Crippen molar-refractivity contribution in [3.8, 4) is 11.5 Å². The third-order valence-corrected chi connectivity index (χ3v) is 8.00. The van der Waals surface area contributed by atoms with Gasteiger partial charge in [0.05, 0.1) is 35.0 Å². The van der Waals surface area contributed by atoms with Crippen molar-refractivity contribution >= 4 is 48.3 Å². The molecule has 8 nitrogen and oxygen atoms in total. The summed E-state index contributed by atoms with van der Waals surface area (Å²) in [5, 5.41) is 3.18. The first kappa shape index (κ1) is 23.5. The van der Waals surface area contributed by atoms with Crippen molar-refractivity contribution in [3.05, 3.63) is 72.3 Å². The van der Waals surface area contributed by atoms with Crippen LogP contribution in [0.3, 0.4) is 0 Å². The number of carbonyl (C=O) groups is 1. The van der Waals surface area contributed by atoms with Gasteiger partial charge in [-0.25, -0.2) is 13.4 Å². The molecule has 0 radical (unpaired) electrons. The number of rotatable bonds is 8. The van der Waals surface area contributed by atoms with Gasteiger partial charge in [0.1, 0.15) is 0 Å². The van der Waals surface area contributed by atoms with E-state index in [2.05, 4.69) is 10.3 Å². The number of thiazole rings is 1. The van der Waals surface area contributed by atoms with Gasteiger partial charge in [-0.2, -0.15) is 0 Å². The number of ether oxygens (including phenoxy) is 2. The molecule has 0 atom stereocenters. The number of hydrogen-bond acceptors (Lipinski definition) is 7. The van der Waals surface area contributed by atoms with Crippen molar-refractivity contribution in [2.45, 2.75) is 11.8 Å². The highest BCUT2D eigenvalue weighted by Gasteiger charge is 2.24. The van der Waals surface area contributed by atoms with E-state index in [1.54, 1.807) is 57.5 Å². The molecule has 0 aliphatic rings. The molecule has 1 heterocycles. The van der Waals surface area contributed by atoms with Crippen LogP contribution in [0.25, 0.3) is 10.2 Å². The number of sulfonamides is 1. The molecular weight excluding hydrogens is 474 g/mol. The lowest BCUT2D eigenvalue weighted by molar-refractivity contribution is 0.102. The van der Waals surface area contributed by atoms with Crippen LogP contribution in [0.4, 0.5) is 10.8 Å². The predicted molar refractivity (Wildman–Crippen MR) is 134 cm³/mol. The first-order valence-electron chi connectivity index (χ1n) is 10.4. The molecule has 0 aliphatic carbocycles. The molecule has 0 fully saturated rings. The molecular formula is C24H23N3O5S2. The zero-order chi connectivity index (χ0) is 24.3. The molecule has 1 N–H and O–H groups in total. The molecule has 34 heavy (non-hydrogen) atoms. The lowest BCUT2D eigenvalue weighted by atomic mass is 10.2. The minimum atomic E-state index is -3.77. The van der Waals surface area contributed by atoms with E-state index in [-0.39, 0.29) is 11.4 Å². The predicted octanol–water partition coefficient (Wildman–Crippen LogP) is 4.78. The molecule has 1 amide bonds. The smallest absolute Gasteiger partial charge is 0.264 e. The number of carbonyl (C=O) groups excluding carboxylic acids is 1. The molecule has 0 saturated heterocycles. The normalized spacial score (nSPS) is 11.3. The fourth-order valence-electron chi connectivity index (χ4n) is 3.47. The van der Waals surface area contributed by atoms with Gasteiger partial charge < -0.3 is 9.47 Å². The second-order valence-electron chi connectivity index (χ2n) is 7.18. The average molecular weight is 498 g/mol. The van der Waals surface area contributed by atoms with Gasteiger partial charge in [-0.3, -0.25) is 14.4 Å². The Kier molecular flexibility index (Phi) is 6.71. The molecule has 4 aromatic rings. The van der Waals surface area contributed by atoms with Crippen molar-refractivity contribution in [1.82, 2.24) is 4.98 Å². The first-order valence-corrected chi connectivity index (χ1v) is 12.6. The van der Waals surface area contributed by atoms with Crippen molar-refractivity contribution < 1.29 is 22.7 Å². The maximum absolute atomic E-state index is 13.1. The number of nitrogens with zero attached hydrogens (tertiary/aromatic N) is 2. The van der Waals surface area contributed by atoms with Gasteiger partial charge in [0.25, 0.3) is 15.9 Å². The van der Waals surface area contributed by atoms with Crippen molar-refractivity contribution in [3.63, 3.8) is 0 Å². The van der Waals surface area contributed by atoms with Crippen LogP contribution in [-0.2, 0) is 10.0 Å². The van der Waals surface area contributed by atoms with Gasteiger partial charge >= 0.3 is 0 Å². The largest absolute Gasteiger partial charge is 0.493 e. The van der Waals surface area contributed by atoms with Crippen molar-refractivity contribution in [1.29, 1.82) is 0 Å². The number of para-hydroxylation sites is 1. The summed E-state index contributed by atoms with van der Waals surface area (Å²) in [6, 6.07) is 18.3. The Bertz CT molecular complexity index is 1380. The Balaban J connectivity index is 1.54. The third kappa shape index (κ3) is 4.55. The quantitative estimate of drug-likeness (QED) is 0.376. The summed E-state index contributed by atoms with van der Waals surface area (Å²) < 4.78 is 39.0. The molecule has 0 saturated carbocycles. The summed E-state index contributed by atoms with van der Waals surface area (Å²) >= 11 is 1.30. The number of anilines is 2. The molecule has 0 aliphatic heterocycles. The average Bonchev–Trinajstić information content (AvgIpc) is 3.25. The monoisotopic (exact) mass is 497 g/mol. The van der Waals surface area contributed by atoms with E-state index in [9.17, 15) is 13.2 Å². The molecule has 0 unspecified atom stereocenters. The second kappa shape index (κ2) is 9.70. The number of methoxy groups -OCH3 is 2. The zero-order valence-electron chi connectivity index (χ0n) is 18.8. The minimum Gasteiger partial charge on any atom is -0.493 e. The number of nitrogens with one attached hydrogen (secondary N) is 1. The molecule has 3 aromatic carbocycles. The van der Waals surface area contributed by atoms with E-state index >= 15 is 0 Å². The summed E-state index contributed by atoms with van der Waals surface area (Å²) in [5.41, 5.74) is 1.56. The van der Waals surface area contributed by atoms with Crippen LogP contribution < -0.4 is 19.1 Å². The van der Waals surface area contributed by atoms with Gasteiger partial charge in [-0.15, -0.1) is 0 Å². The van der Waals surface area contributed by atoms with Gasteiger partial charge in [0, 0.05) is 24.2 Å². The van der Waals surface area contributed by atoms with Crippen molar-refractivity contribution in [2.24, 2.45) is 0 Å². The third-order valence-electron chi connectivity index (χ3n) is 5.15. The summed E-state index contributed by atoms with van der Waals surface area (Å²) in [6.07, 6.45) is 0. The van der Waals surface area contributed by atoms with Crippen LogP contribution in [-0.4, -0.2) is 40.1 Å². The Labute approximate surface area is 201 Å². The Morgan fingerprint density at radius 1 is 1.00 bits per heavy atom. The van der Waals surface area contributed by atoms with Crippen LogP contribution in [0, 0.1) is 0 Å². The van der Waals surface area contributed by atoms with Crippen LogP contribution in [0.2, 0.25) is 0 Å². The highest BCUT2D eigenvalue weighted by atomic mass is 32.2. The summed E-state index contributed by atoms with van der Waals surface area (Å²) in [5.74, 6) is 0.730. The maximum Gasteiger partial charge on any atom is 0.264 e. The van der Waals surface area contributed by atoms with E-state index in [1.165, 1.54) is 39.9 Å². The molecule has 0 bridgehead atoms. The van der Waals surface area contributed by atoms with E-state index in [0.29, 0.717) is 33.4 Å².